The molecule has 1 atom stereocenters. The summed E-state index contributed by atoms with van der Waals surface area (Å²) in [4.78, 5) is 26.4. The summed E-state index contributed by atoms with van der Waals surface area (Å²) in [5, 5.41) is 3.01. The van der Waals surface area contributed by atoms with E-state index in [2.05, 4.69) is 5.32 Å². The first-order valence-electron chi connectivity index (χ1n) is 8.90. The Morgan fingerprint density at radius 3 is 2.64 bits per heavy atom. The number of nitrogens with one attached hydrogen (secondary N) is 1. The third-order valence-electron chi connectivity index (χ3n) is 4.81. The minimum absolute atomic E-state index is 0.0279. The minimum atomic E-state index is 0.0279. The third-order valence-corrected chi connectivity index (χ3v) is 4.81. The molecule has 1 N–H and O–H groups in total. The lowest BCUT2D eigenvalue weighted by atomic mass is 10.1. The van der Waals surface area contributed by atoms with Gasteiger partial charge in [-0.05, 0) is 30.5 Å². The topological polar surface area (TPSA) is 54.3 Å². The molecule has 1 saturated heterocycles. The fraction of sp³-hybridized carbons (Fsp3) is 0.400. The van der Waals surface area contributed by atoms with E-state index in [0.717, 1.165) is 30.6 Å². The lowest BCUT2D eigenvalue weighted by Gasteiger charge is -2.33. The first kappa shape index (κ1) is 17.3. The molecule has 5 nitrogen and oxygen atoms in total. The molecule has 0 bridgehead atoms. The van der Waals surface area contributed by atoms with Gasteiger partial charge >= 0.3 is 0 Å². The highest BCUT2D eigenvalue weighted by molar-refractivity contribution is 5.94. The highest BCUT2D eigenvalue weighted by Gasteiger charge is 2.27. The Labute approximate surface area is 148 Å². The Kier molecular flexibility index (Phi) is 5.22. The number of aromatic nitrogens is 1. The molecule has 0 radical (unpaired) electrons. The third kappa shape index (κ3) is 3.76. The molecule has 0 spiro atoms. The largest absolute Gasteiger partial charge is 0.352 e. The standard InChI is InChI=1S/C20H25N3O2/c1-3-19(24)21-16-10-7-13-23(14-16)20(25)18-12-11-17(22(18)2)15-8-5-4-6-9-15/h4-6,8-9,11-12,16H,3,7,10,13-14H2,1-2H3,(H,21,24)/t16-/m0/s1. The molecular formula is C20H25N3O2. The van der Waals surface area contributed by atoms with Crippen LogP contribution < -0.4 is 5.32 Å². The maximum Gasteiger partial charge on any atom is 0.270 e. The molecule has 0 aliphatic carbocycles. The molecule has 1 aliphatic heterocycles. The van der Waals surface area contributed by atoms with Gasteiger partial charge in [0.05, 0.1) is 0 Å². The summed E-state index contributed by atoms with van der Waals surface area (Å²) in [5.74, 6) is 0.0738. The van der Waals surface area contributed by atoms with Crippen molar-refractivity contribution in [3.8, 4) is 11.3 Å². The van der Waals surface area contributed by atoms with Crippen molar-refractivity contribution in [2.75, 3.05) is 13.1 Å². The van der Waals surface area contributed by atoms with Crippen molar-refractivity contribution < 1.29 is 9.59 Å². The average Bonchev–Trinajstić information content (AvgIpc) is 3.03. The van der Waals surface area contributed by atoms with E-state index in [1.54, 1.807) is 0 Å². The lowest BCUT2D eigenvalue weighted by molar-refractivity contribution is -0.121. The Morgan fingerprint density at radius 2 is 1.92 bits per heavy atom. The summed E-state index contributed by atoms with van der Waals surface area (Å²) >= 11 is 0. The van der Waals surface area contributed by atoms with Crippen molar-refractivity contribution in [1.82, 2.24) is 14.8 Å². The minimum Gasteiger partial charge on any atom is -0.352 e. The fourth-order valence-corrected chi connectivity index (χ4v) is 3.40. The van der Waals surface area contributed by atoms with Crippen molar-refractivity contribution in [2.45, 2.75) is 32.2 Å². The quantitative estimate of drug-likeness (QED) is 0.931. The Balaban J connectivity index is 1.75. The highest BCUT2D eigenvalue weighted by atomic mass is 16.2. The summed E-state index contributed by atoms with van der Waals surface area (Å²) in [5.41, 5.74) is 2.80. The van der Waals surface area contributed by atoms with E-state index in [1.165, 1.54) is 0 Å². The molecule has 1 fully saturated rings. The van der Waals surface area contributed by atoms with Crippen LogP contribution in [0, 0.1) is 0 Å². The van der Waals surface area contributed by atoms with Gasteiger partial charge in [-0.15, -0.1) is 0 Å². The number of hydrogen-bond donors (Lipinski definition) is 1. The van der Waals surface area contributed by atoms with E-state index >= 15 is 0 Å². The zero-order valence-electron chi connectivity index (χ0n) is 14.9. The van der Waals surface area contributed by atoms with Gasteiger partial charge in [0.15, 0.2) is 0 Å². The van der Waals surface area contributed by atoms with Crippen molar-refractivity contribution >= 4 is 11.8 Å². The molecule has 1 aromatic carbocycles. The number of carbonyl (C=O) groups is 2. The van der Waals surface area contributed by atoms with Crippen LogP contribution in [0.5, 0.6) is 0 Å². The van der Waals surface area contributed by atoms with E-state index in [-0.39, 0.29) is 17.9 Å². The van der Waals surface area contributed by atoms with Crippen LogP contribution in [-0.4, -0.2) is 40.4 Å². The van der Waals surface area contributed by atoms with Gasteiger partial charge in [0.25, 0.3) is 5.91 Å². The Hall–Kier alpha value is -2.56. The van der Waals surface area contributed by atoms with Crippen LogP contribution in [0.15, 0.2) is 42.5 Å². The summed E-state index contributed by atoms with van der Waals surface area (Å²) < 4.78 is 1.95. The summed E-state index contributed by atoms with van der Waals surface area (Å²) in [6.07, 6.45) is 2.32. The van der Waals surface area contributed by atoms with Gasteiger partial charge < -0.3 is 14.8 Å². The number of rotatable bonds is 4. The van der Waals surface area contributed by atoms with Gasteiger partial charge in [0, 0.05) is 38.3 Å². The van der Waals surface area contributed by atoms with Crippen molar-refractivity contribution in [1.29, 1.82) is 0 Å². The van der Waals surface area contributed by atoms with Crippen LogP contribution in [0.4, 0.5) is 0 Å². The van der Waals surface area contributed by atoms with Gasteiger partial charge in [-0.25, -0.2) is 0 Å². The van der Waals surface area contributed by atoms with Crippen LogP contribution in [-0.2, 0) is 11.8 Å². The molecule has 132 valence electrons. The normalized spacial score (nSPS) is 17.4. The smallest absolute Gasteiger partial charge is 0.270 e. The molecular weight excluding hydrogens is 314 g/mol. The molecule has 0 saturated carbocycles. The number of benzene rings is 1. The SMILES string of the molecule is CCC(=O)N[C@H]1CCCN(C(=O)c2ccc(-c3ccccc3)n2C)C1. The van der Waals surface area contributed by atoms with Crippen LogP contribution >= 0.6 is 0 Å². The van der Waals surface area contributed by atoms with Crippen molar-refractivity contribution in [3.05, 3.63) is 48.2 Å². The number of piperidine rings is 1. The molecule has 3 rings (SSSR count). The van der Waals surface area contributed by atoms with Gasteiger partial charge in [-0.2, -0.15) is 0 Å². The highest BCUT2D eigenvalue weighted by Crippen LogP contribution is 2.23. The molecule has 0 unspecified atom stereocenters. The van der Waals surface area contributed by atoms with E-state index in [1.807, 2.05) is 65.9 Å². The Bertz CT molecular complexity index is 752. The zero-order valence-corrected chi connectivity index (χ0v) is 14.9. The van der Waals surface area contributed by atoms with Crippen LogP contribution in [0.1, 0.15) is 36.7 Å². The number of hydrogen-bond acceptors (Lipinski definition) is 2. The summed E-state index contributed by atoms with van der Waals surface area (Å²) in [6.45, 7) is 3.16. The van der Waals surface area contributed by atoms with Crippen molar-refractivity contribution in [2.24, 2.45) is 7.05 Å². The van der Waals surface area contributed by atoms with Gasteiger partial charge in [0.2, 0.25) is 5.91 Å². The molecule has 25 heavy (non-hydrogen) atoms. The second-order valence-corrected chi connectivity index (χ2v) is 6.54. The number of nitrogens with zero attached hydrogens (tertiary/aromatic N) is 2. The van der Waals surface area contributed by atoms with Crippen LogP contribution in [0.25, 0.3) is 11.3 Å². The maximum absolute atomic E-state index is 13.0. The predicted octanol–water partition coefficient (Wildman–Crippen LogP) is 2.82. The Morgan fingerprint density at radius 1 is 1.16 bits per heavy atom. The molecule has 1 aromatic heterocycles. The second-order valence-electron chi connectivity index (χ2n) is 6.54. The van der Waals surface area contributed by atoms with E-state index in [9.17, 15) is 9.59 Å². The fourth-order valence-electron chi connectivity index (χ4n) is 3.40. The summed E-state index contributed by atoms with van der Waals surface area (Å²) in [6, 6.07) is 14.0. The monoisotopic (exact) mass is 339 g/mol. The number of likely N-dealkylation sites (tertiary alicyclic amines) is 1. The first-order chi connectivity index (χ1) is 12.1. The second kappa shape index (κ2) is 7.55. The molecule has 5 heteroatoms. The molecule has 2 heterocycles. The zero-order chi connectivity index (χ0) is 17.8. The van der Waals surface area contributed by atoms with Gasteiger partial charge in [0.1, 0.15) is 5.69 Å². The van der Waals surface area contributed by atoms with E-state index in [4.69, 9.17) is 0 Å². The predicted molar refractivity (Wildman–Crippen MR) is 98.2 cm³/mol. The lowest BCUT2D eigenvalue weighted by Crippen LogP contribution is -2.49. The molecule has 2 amide bonds. The summed E-state index contributed by atoms with van der Waals surface area (Å²) in [7, 11) is 1.93. The van der Waals surface area contributed by atoms with Crippen LogP contribution in [0.3, 0.4) is 0 Å². The van der Waals surface area contributed by atoms with E-state index in [0.29, 0.717) is 18.7 Å². The first-order valence-corrected chi connectivity index (χ1v) is 8.90. The maximum atomic E-state index is 13.0. The van der Waals surface area contributed by atoms with E-state index < -0.39 is 0 Å². The van der Waals surface area contributed by atoms with Gasteiger partial charge in [-0.1, -0.05) is 37.3 Å². The van der Waals surface area contributed by atoms with Gasteiger partial charge in [-0.3, -0.25) is 9.59 Å². The molecule has 1 aliphatic rings. The number of amides is 2. The average molecular weight is 339 g/mol. The van der Waals surface area contributed by atoms with Crippen molar-refractivity contribution in [3.63, 3.8) is 0 Å². The molecule has 2 aromatic rings. The number of carbonyl (C=O) groups excluding carboxylic acids is 2. The van der Waals surface area contributed by atoms with Crippen LogP contribution in [0.2, 0.25) is 0 Å².